The third kappa shape index (κ3) is 0.688. The highest BCUT2D eigenvalue weighted by Gasteiger charge is 2.07. The van der Waals surface area contributed by atoms with Gasteiger partial charge in [-0.25, -0.2) is 0 Å². The highest BCUT2D eigenvalue weighted by Crippen LogP contribution is 2.25. The molecule has 10 heavy (non-hydrogen) atoms. The minimum absolute atomic E-state index is 1.11. The van der Waals surface area contributed by atoms with Gasteiger partial charge in [-0.1, -0.05) is 18.2 Å². The van der Waals surface area contributed by atoms with Crippen LogP contribution in [0.25, 0.3) is 5.57 Å². The molecule has 0 fully saturated rings. The zero-order valence-corrected chi connectivity index (χ0v) is 6.02. The maximum absolute atomic E-state index is 3.08. The van der Waals surface area contributed by atoms with E-state index in [1.807, 2.05) is 6.07 Å². The van der Waals surface area contributed by atoms with Crippen molar-refractivity contribution < 1.29 is 0 Å². The Morgan fingerprint density at radius 1 is 1.50 bits per heavy atom. The average molecular weight is 129 g/mol. The molecule has 0 bridgehead atoms. The van der Waals surface area contributed by atoms with Crippen molar-refractivity contribution >= 4 is 5.57 Å². The summed E-state index contributed by atoms with van der Waals surface area (Å²) < 4.78 is 0. The minimum Gasteiger partial charge on any atom is -0.0766 e. The van der Waals surface area contributed by atoms with Crippen LogP contribution in [0.1, 0.15) is 18.1 Å². The van der Waals surface area contributed by atoms with Crippen molar-refractivity contribution in [3.63, 3.8) is 0 Å². The zero-order valence-electron chi connectivity index (χ0n) is 6.02. The summed E-state index contributed by atoms with van der Waals surface area (Å²) in [5.74, 6) is 0. The van der Waals surface area contributed by atoms with Crippen LogP contribution in [-0.4, -0.2) is 0 Å². The van der Waals surface area contributed by atoms with Crippen LogP contribution in [0, 0.1) is 6.07 Å². The number of rotatable bonds is 0. The summed E-state index contributed by atoms with van der Waals surface area (Å²) in [6.07, 6.45) is 3.37. The van der Waals surface area contributed by atoms with Gasteiger partial charge in [0.25, 0.3) is 0 Å². The molecular weight excluding hydrogens is 120 g/mol. The van der Waals surface area contributed by atoms with Crippen LogP contribution >= 0.6 is 0 Å². The first kappa shape index (κ1) is 5.72. The predicted octanol–water partition coefficient (Wildman–Crippen LogP) is 2.45. The standard InChI is InChI=1S/C10H9/c1-8-6-7-9-4-2-3-5-10(8)9/h2,4-6H,7H2,1H3. The van der Waals surface area contributed by atoms with E-state index in [0.717, 1.165) is 6.42 Å². The molecule has 1 aliphatic carbocycles. The van der Waals surface area contributed by atoms with Gasteiger partial charge in [0.15, 0.2) is 0 Å². The average Bonchev–Trinajstić information content (AvgIpc) is 2.34. The Kier molecular flexibility index (Phi) is 1.13. The maximum atomic E-state index is 3.08. The highest BCUT2D eigenvalue weighted by atomic mass is 14.1. The Morgan fingerprint density at radius 3 is 3.20 bits per heavy atom. The summed E-state index contributed by atoms with van der Waals surface area (Å²) >= 11 is 0. The SMILES string of the molecule is CC1=CCc2cc[c]cc21. The topological polar surface area (TPSA) is 0 Å². The summed E-state index contributed by atoms with van der Waals surface area (Å²) in [6.45, 7) is 2.15. The van der Waals surface area contributed by atoms with Gasteiger partial charge in [-0.05, 0) is 42.2 Å². The van der Waals surface area contributed by atoms with Crippen LogP contribution in [-0.2, 0) is 6.42 Å². The molecule has 0 N–H and O–H groups in total. The van der Waals surface area contributed by atoms with Crippen LogP contribution in [0.3, 0.4) is 0 Å². The van der Waals surface area contributed by atoms with E-state index >= 15 is 0 Å². The molecule has 1 aromatic carbocycles. The Balaban J connectivity index is 2.61. The summed E-state index contributed by atoms with van der Waals surface area (Å²) in [4.78, 5) is 0. The van der Waals surface area contributed by atoms with Gasteiger partial charge in [0.05, 0.1) is 0 Å². The third-order valence-corrected chi connectivity index (χ3v) is 2.01. The highest BCUT2D eigenvalue weighted by molar-refractivity contribution is 5.71. The summed E-state index contributed by atoms with van der Waals surface area (Å²) in [7, 11) is 0. The second-order valence-corrected chi connectivity index (χ2v) is 2.67. The molecule has 0 unspecified atom stereocenters. The van der Waals surface area contributed by atoms with Gasteiger partial charge in [0, 0.05) is 0 Å². The largest absolute Gasteiger partial charge is 0.0766 e. The number of allylic oxidation sites excluding steroid dienone is 2. The first-order valence-electron chi connectivity index (χ1n) is 3.54. The molecule has 1 radical (unpaired) electrons. The predicted molar refractivity (Wildman–Crippen MR) is 42.6 cm³/mol. The minimum atomic E-state index is 1.11. The van der Waals surface area contributed by atoms with E-state index in [0.29, 0.717) is 0 Å². The van der Waals surface area contributed by atoms with Crippen LogP contribution in [0.5, 0.6) is 0 Å². The molecule has 0 saturated carbocycles. The summed E-state index contributed by atoms with van der Waals surface area (Å²) in [5, 5.41) is 0. The Bertz CT molecular complexity index is 282. The molecule has 0 heteroatoms. The number of fused-ring (bicyclic) bond motifs is 1. The molecule has 0 aliphatic heterocycles. The molecule has 2 rings (SSSR count). The van der Waals surface area contributed by atoms with Crippen molar-refractivity contribution in [3.8, 4) is 0 Å². The normalized spacial score (nSPS) is 14.7. The molecule has 0 atom stereocenters. The quantitative estimate of drug-likeness (QED) is 0.504. The Hall–Kier alpha value is -1.04. The fourth-order valence-electron chi connectivity index (χ4n) is 1.38. The van der Waals surface area contributed by atoms with Gasteiger partial charge < -0.3 is 0 Å². The lowest BCUT2D eigenvalue weighted by Gasteiger charge is -1.97. The number of hydrogen-bond donors (Lipinski definition) is 0. The van der Waals surface area contributed by atoms with Gasteiger partial charge in [-0.15, -0.1) is 0 Å². The van der Waals surface area contributed by atoms with Gasteiger partial charge in [-0.3, -0.25) is 0 Å². The second kappa shape index (κ2) is 1.98. The fourth-order valence-corrected chi connectivity index (χ4v) is 1.38. The Labute approximate surface area is 61.2 Å². The van der Waals surface area contributed by atoms with Gasteiger partial charge in [-0.2, -0.15) is 0 Å². The van der Waals surface area contributed by atoms with E-state index in [2.05, 4.69) is 31.2 Å². The van der Waals surface area contributed by atoms with Crippen molar-refractivity contribution in [1.29, 1.82) is 0 Å². The van der Waals surface area contributed by atoms with Crippen molar-refractivity contribution in [3.05, 3.63) is 41.5 Å². The van der Waals surface area contributed by atoms with Crippen LogP contribution in [0.4, 0.5) is 0 Å². The molecule has 0 nitrogen and oxygen atoms in total. The molecule has 1 aromatic rings. The van der Waals surface area contributed by atoms with E-state index in [-0.39, 0.29) is 0 Å². The lowest BCUT2D eigenvalue weighted by Crippen LogP contribution is -1.79. The van der Waals surface area contributed by atoms with E-state index < -0.39 is 0 Å². The first-order chi connectivity index (χ1) is 4.88. The molecule has 0 saturated heterocycles. The lowest BCUT2D eigenvalue weighted by atomic mass is 10.1. The van der Waals surface area contributed by atoms with Gasteiger partial charge >= 0.3 is 0 Å². The van der Waals surface area contributed by atoms with Gasteiger partial charge in [0.1, 0.15) is 0 Å². The molecule has 0 amide bonds. The molecule has 0 heterocycles. The van der Waals surface area contributed by atoms with Crippen LogP contribution < -0.4 is 0 Å². The van der Waals surface area contributed by atoms with Crippen molar-refractivity contribution in [2.24, 2.45) is 0 Å². The number of hydrogen-bond acceptors (Lipinski definition) is 0. The first-order valence-corrected chi connectivity index (χ1v) is 3.54. The molecular formula is C10H9. The lowest BCUT2D eigenvalue weighted by molar-refractivity contribution is 1.31. The van der Waals surface area contributed by atoms with E-state index in [4.69, 9.17) is 0 Å². The summed E-state index contributed by atoms with van der Waals surface area (Å²) in [6, 6.07) is 9.26. The van der Waals surface area contributed by atoms with Crippen molar-refractivity contribution in [2.45, 2.75) is 13.3 Å². The van der Waals surface area contributed by atoms with Crippen molar-refractivity contribution in [1.82, 2.24) is 0 Å². The zero-order chi connectivity index (χ0) is 6.97. The monoisotopic (exact) mass is 129 g/mol. The van der Waals surface area contributed by atoms with Crippen LogP contribution in [0.15, 0.2) is 24.3 Å². The van der Waals surface area contributed by atoms with E-state index in [9.17, 15) is 0 Å². The van der Waals surface area contributed by atoms with E-state index in [1.54, 1.807) is 0 Å². The smallest absolute Gasteiger partial charge is 0.00855 e. The molecule has 0 aromatic heterocycles. The maximum Gasteiger partial charge on any atom is -0.00855 e. The Morgan fingerprint density at radius 2 is 2.40 bits per heavy atom. The fraction of sp³-hybridized carbons (Fsp3) is 0.200. The van der Waals surface area contributed by atoms with Crippen molar-refractivity contribution in [2.75, 3.05) is 0 Å². The van der Waals surface area contributed by atoms with E-state index in [1.165, 1.54) is 16.7 Å². The molecule has 1 aliphatic rings. The summed E-state index contributed by atoms with van der Waals surface area (Å²) in [5.41, 5.74) is 4.21. The molecule has 0 spiro atoms. The van der Waals surface area contributed by atoms with Crippen LogP contribution in [0.2, 0.25) is 0 Å². The van der Waals surface area contributed by atoms with Gasteiger partial charge in [0.2, 0.25) is 0 Å². The number of benzene rings is 1. The second-order valence-electron chi connectivity index (χ2n) is 2.67. The third-order valence-electron chi connectivity index (χ3n) is 2.01. The molecule has 49 valence electrons.